The van der Waals surface area contributed by atoms with Gasteiger partial charge in [-0.2, -0.15) is 0 Å². The molecule has 0 saturated heterocycles. The van der Waals surface area contributed by atoms with Crippen LogP contribution in [0.15, 0.2) is 30.6 Å². The third-order valence-corrected chi connectivity index (χ3v) is 3.56. The van der Waals surface area contributed by atoms with Gasteiger partial charge >= 0.3 is 0 Å². The second kappa shape index (κ2) is 4.59. The van der Waals surface area contributed by atoms with Crippen molar-refractivity contribution in [1.29, 1.82) is 0 Å². The van der Waals surface area contributed by atoms with Gasteiger partial charge in [0.25, 0.3) is 0 Å². The molecular formula is C14H14N4S. The molecule has 0 aliphatic carbocycles. The molecule has 3 rings (SSSR count). The van der Waals surface area contributed by atoms with Crippen LogP contribution in [0.5, 0.6) is 0 Å². The van der Waals surface area contributed by atoms with E-state index in [-0.39, 0.29) is 0 Å². The molecule has 1 N–H and O–H groups in total. The average molecular weight is 270 g/mol. The van der Waals surface area contributed by atoms with Gasteiger partial charge in [0.1, 0.15) is 0 Å². The van der Waals surface area contributed by atoms with Crippen LogP contribution in [0.1, 0.15) is 16.8 Å². The smallest absolute Gasteiger partial charge is 0.179 e. The quantitative estimate of drug-likeness (QED) is 0.728. The van der Waals surface area contributed by atoms with Crippen LogP contribution in [0.2, 0.25) is 0 Å². The first-order valence-electron chi connectivity index (χ1n) is 6.11. The van der Waals surface area contributed by atoms with E-state index in [1.54, 1.807) is 6.20 Å². The van der Waals surface area contributed by atoms with Gasteiger partial charge in [0.2, 0.25) is 0 Å². The van der Waals surface area contributed by atoms with E-state index in [1.807, 2.05) is 35.9 Å². The number of aromatic amines is 1. The Morgan fingerprint density at radius 1 is 1.26 bits per heavy atom. The van der Waals surface area contributed by atoms with Crippen molar-refractivity contribution in [3.05, 3.63) is 52.2 Å². The van der Waals surface area contributed by atoms with Gasteiger partial charge in [0.15, 0.2) is 10.4 Å². The molecule has 0 fully saturated rings. The predicted molar refractivity (Wildman–Crippen MR) is 77.7 cm³/mol. The Labute approximate surface area is 116 Å². The van der Waals surface area contributed by atoms with Gasteiger partial charge in [-0.25, -0.2) is 4.98 Å². The van der Waals surface area contributed by atoms with Crippen molar-refractivity contribution in [2.75, 3.05) is 0 Å². The lowest BCUT2D eigenvalue weighted by molar-refractivity contribution is 0.790. The van der Waals surface area contributed by atoms with Crippen LogP contribution < -0.4 is 0 Å². The first kappa shape index (κ1) is 12.0. The average Bonchev–Trinajstić information content (AvgIpc) is 2.69. The van der Waals surface area contributed by atoms with E-state index in [0.717, 1.165) is 22.4 Å². The summed E-state index contributed by atoms with van der Waals surface area (Å²) in [7, 11) is 0. The number of pyridine rings is 2. The van der Waals surface area contributed by atoms with E-state index in [9.17, 15) is 0 Å². The lowest BCUT2D eigenvalue weighted by Gasteiger charge is -2.07. The highest BCUT2D eigenvalue weighted by Gasteiger charge is 2.08. The van der Waals surface area contributed by atoms with Crippen LogP contribution >= 0.6 is 12.2 Å². The number of aryl methyl sites for hydroxylation is 2. The topological polar surface area (TPSA) is 46.5 Å². The molecule has 0 amide bonds. The fourth-order valence-corrected chi connectivity index (χ4v) is 2.37. The highest BCUT2D eigenvalue weighted by molar-refractivity contribution is 7.71. The Bertz CT molecular complexity index is 801. The molecule has 0 bridgehead atoms. The fraction of sp³-hybridized carbons (Fsp3) is 0.214. The molecule has 3 aromatic rings. The molecule has 0 aliphatic heterocycles. The molecule has 0 radical (unpaired) electrons. The minimum Gasteiger partial charge on any atom is -0.329 e. The van der Waals surface area contributed by atoms with E-state index in [1.165, 1.54) is 5.56 Å². The molecule has 0 spiro atoms. The van der Waals surface area contributed by atoms with E-state index >= 15 is 0 Å². The Hall–Kier alpha value is -2.01. The summed E-state index contributed by atoms with van der Waals surface area (Å²) < 4.78 is 2.71. The van der Waals surface area contributed by atoms with Crippen molar-refractivity contribution in [3.8, 4) is 0 Å². The molecule has 0 aromatic carbocycles. The zero-order valence-electron chi connectivity index (χ0n) is 10.8. The van der Waals surface area contributed by atoms with Crippen LogP contribution in [-0.4, -0.2) is 19.5 Å². The number of imidazole rings is 1. The molecule has 0 unspecified atom stereocenters. The number of hydrogen-bond donors (Lipinski definition) is 1. The second-order valence-corrected chi connectivity index (χ2v) is 5.03. The van der Waals surface area contributed by atoms with Crippen molar-refractivity contribution >= 4 is 23.4 Å². The molecule has 0 aliphatic rings. The van der Waals surface area contributed by atoms with Crippen LogP contribution in [0.4, 0.5) is 0 Å². The van der Waals surface area contributed by atoms with E-state index in [2.05, 4.69) is 21.9 Å². The molecule has 96 valence electrons. The van der Waals surface area contributed by atoms with Crippen molar-refractivity contribution in [2.24, 2.45) is 0 Å². The molecule has 0 saturated carbocycles. The molecule has 3 heterocycles. The van der Waals surface area contributed by atoms with Gasteiger partial charge < -0.3 is 4.98 Å². The van der Waals surface area contributed by atoms with E-state index < -0.39 is 0 Å². The summed E-state index contributed by atoms with van der Waals surface area (Å²) in [4.78, 5) is 11.9. The Morgan fingerprint density at radius 3 is 2.89 bits per heavy atom. The van der Waals surface area contributed by atoms with Crippen LogP contribution in [0.3, 0.4) is 0 Å². The fourth-order valence-electron chi connectivity index (χ4n) is 2.10. The zero-order valence-corrected chi connectivity index (χ0v) is 11.7. The summed E-state index contributed by atoms with van der Waals surface area (Å²) >= 11 is 5.39. The first-order valence-corrected chi connectivity index (χ1v) is 6.51. The monoisotopic (exact) mass is 270 g/mol. The van der Waals surface area contributed by atoms with Gasteiger partial charge in [0.05, 0.1) is 12.1 Å². The van der Waals surface area contributed by atoms with E-state index in [4.69, 9.17) is 12.2 Å². The summed E-state index contributed by atoms with van der Waals surface area (Å²) in [5.41, 5.74) is 5.21. The maximum Gasteiger partial charge on any atom is 0.179 e. The molecule has 19 heavy (non-hydrogen) atoms. The third-order valence-electron chi connectivity index (χ3n) is 3.23. The summed E-state index contributed by atoms with van der Waals surface area (Å²) in [6, 6.07) is 6.00. The summed E-state index contributed by atoms with van der Waals surface area (Å²) in [6.07, 6.45) is 3.68. The number of aromatic nitrogens is 4. The van der Waals surface area contributed by atoms with Crippen LogP contribution in [-0.2, 0) is 6.54 Å². The van der Waals surface area contributed by atoms with Gasteiger partial charge in [0, 0.05) is 18.1 Å². The standard InChI is InChI=1S/C14H14N4S/c1-9-5-6-15-7-11(9)8-18-13-12(17-14(18)19)4-3-10(2)16-13/h3-7H,8H2,1-2H3,(H,17,19). The lowest BCUT2D eigenvalue weighted by Crippen LogP contribution is -2.03. The van der Waals surface area contributed by atoms with Crippen LogP contribution in [0.25, 0.3) is 11.2 Å². The summed E-state index contributed by atoms with van der Waals surface area (Å²) in [5, 5.41) is 0. The minimum atomic E-state index is 0.689. The molecular weight excluding hydrogens is 256 g/mol. The molecule has 3 aromatic heterocycles. The molecule has 0 atom stereocenters. The van der Waals surface area contributed by atoms with E-state index in [0.29, 0.717) is 11.3 Å². The van der Waals surface area contributed by atoms with Gasteiger partial charge in [-0.3, -0.25) is 9.55 Å². The third kappa shape index (κ3) is 2.17. The predicted octanol–water partition coefficient (Wildman–Crippen LogP) is 3.15. The lowest BCUT2D eigenvalue weighted by atomic mass is 10.1. The second-order valence-electron chi connectivity index (χ2n) is 4.64. The molecule has 5 heteroatoms. The largest absolute Gasteiger partial charge is 0.329 e. The Morgan fingerprint density at radius 2 is 2.11 bits per heavy atom. The number of rotatable bonds is 2. The van der Waals surface area contributed by atoms with Gasteiger partial charge in [-0.1, -0.05) is 0 Å². The van der Waals surface area contributed by atoms with Crippen molar-refractivity contribution in [1.82, 2.24) is 19.5 Å². The number of nitrogens with zero attached hydrogens (tertiary/aromatic N) is 3. The number of nitrogens with one attached hydrogen (secondary N) is 1. The summed E-state index contributed by atoms with van der Waals surface area (Å²) in [6.45, 7) is 4.75. The number of H-pyrrole nitrogens is 1. The maximum absolute atomic E-state index is 5.39. The normalized spacial score (nSPS) is 11.1. The molecule has 4 nitrogen and oxygen atoms in total. The number of fused-ring (bicyclic) bond motifs is 1. The highest BCUT2D eigenvalue weighted by atomic mass is 32.1. The van der Waals surface area contributed by atoms with Gasteiger partial charge in [-0.05, 0) is 55.4 Å². The van der Waals surface area contributed by atoms with Crippen molar-refractivity contribution in [3.63, 3.8) is 0 Å². The van der Waals surface area contributed by atoms with Gasteiger partial charge in [-0.15, -0.1) is 0 Å². The SMILES string of the molecule is Cc1ccc2[nH]c(=S)n(Cc3cnccc3C)c2n1. The maximum atomic E-state index is 5.39. The zero-order chi connectivity index (χ0) is 13.4. The minimum absolute atomic E-state index is 0.689. The Kier molecular flexibility index (Phi) is 2.91. The van der Waals surface area contributed by atoms with Crippen molar-refractivity contribution < 1.29 is 0 Å². The van der Waals surface area contributed by atoms with Crippen LogP contribution in [0, 0.1) is 18.6 Å². The Balaban J connectivity index is 2.15. The first-order chi connectivity index (χ1) is 9.15. The number of hydrogen-bond acceptors (Lipinski definition) is 3. The summed E-state index contributed by atoms with van der Waals surface area (Å²) in [5.74, 6) is 0. The van der Waals surface area contributed by atoms with Crippen molar-refractivity contribution in [2.45, 2.75) is 20.4 Å². The highest BCUT2D eigenvalue weighted by Crippen LogP contribution is 2.15.